The molecule has 2 rings (SSSR count). The summed E-state index contributed by atoms with van der Waals surface area (Å²) in [4.78, 5) is 23.8. The van der Waals surface area contributed by atoms with Crippen molar-refractivity contribution in [1.29, 1.82) is 0 Å². The first-order chi connectivity index (χ1) is 9.06. The van der Waals surface area contributed by atoms with Gasteiger partial charge in [-0.3, -0.25) is 4.79 Å². The van der Waals surface area contributed by atoms with Gasteiger partial charge < -0.3 is 15.2 Å². The standard InChI is InChI=1S/C13H17NO4S/c1-18-13(5-3-6-13)8-10(15)14-11(12(16)17)9-4-2-7-19-9/h2,4,7,11H,3,5-6,8H2,1H3,(H,14,15)(H,16,17). The number of hydrogen-bond donors (Lipinski definition) is 2. The van der Waals surface area contributed by atoms with Crippen molar-refractivity contribution < 1.29 is 19.4 Å². The van der Waals surface area contributed by atoms with E-state index in [9.17, 15) is 14.7 Å². The molecule has 104 valence electrons. The van der Waals surface area contributed by atoms with Gasteiger partial charge in [0, 0.05) is 12.0 Å². The highest BCUT2D eigenvalue weighted by Crippen LogP contribution is 2.38. The lowest BCUT2D eigenvalue weighted by molar-refractivity contribution is -0.144. The van der Waals surface area contributed by atoms with Crippen molar-refractivity contribution in [2.24, 2.45) is 0 Å². The third-order valence-electron chi connectivity index (χ3n) is 3.56. The van der Waals surface area contributed by atoms with Gasteiger partial charge in [0.2, 0.25) is 5.91 Å². The average molecular weight is 283 g/mol. The molecular formula is C13H17NO4S. The number of hydrogen-bond acceptors (Lipinski definition) is 4. The van der Waals surface area contributed by atoms with E-state index in [0.29, 0.717) is 4.88 Å². The van der Waals surface area contributed by atoms with Gasteiger partial charge in [-0.25, -0.2) is 4.79 Å². The molecular weight excluding hydrogens is 266 g/mol. The van der Waals surface area contributed by atoms with Crippen LogP contribution in [-0.4, -0.2) is 29.7 Å². The van der Waals surface area contributed by atoms with E-state index in [4.69, 9.17) is 4.74 Å². The number of carbonyl (C=O) groups excluding carboxylic acids is 1. The van der Waals surface area contributed by atoms with E-state index in [1.54, 1.807) is 24.6 Å². The number of amides is 1. The van der Waals surface area contributed by atoms with Crippen LogP contribution in [0.4, 0.5) is 0 Å². The fraction of sp³-hybridized carbons (Fsp3) is 0.538. The maximum absolute atomic E-state index is 12.0. The summed E-state index contributed by atoms with van der Waals surface area (Å²) < 4.78 is 5.37. The molecule has 19 heavy (non-hydrogen) atoms. The minimum atomic E-state index is -1.05. The summed E-state index contributed by atoms with van der Waals surface area (Å²) in [6.07, 6.45) is 2.98. The average Bonchev–Trinajstić information content (AvgIpc) is 2.84. The molecule has 1 heterocycles. The van der Waals surface area contributed by atoms with E-state index >= 15 is 0 Å². The number of thiophene rings is 1. The van der Waals surface area contributed by atoms with E-state index in [0.717, 1.165) is 19.3 Å². The van der Waals surface area contributed by atoms with E-state index < -0.39 is 12.0 Å². The molecule has 0 saturated heterocycles. The molecule has 1 saturated carbocycles. The molecule has 0 spiro atoms. The lowest BCUT2D eigenvalue weighted by Gasteiger charge is -2.40. The highest BCUT2D eigenvalue weighted by atomic mass is 32.1. The largest absolute Gasteiger partial charge is 0.479 e. The molecule has 1 unspecified atom stereocenters. The molecule has 1 aliphatic carbocycles. The van der Waals surface area contributed by atoms with Gasteiger partial charge in [0.15, 0.2) is 6.04 Å². The summed E-state index contributed by atoms with van der Waals surface area (Å²) in [6.45, 7) is 0. The van der Waals surface area contributed by atoms with Crippen LogP contribution in [0.2, 0.25) is 0 Å². The fourth-order valence-corrected chi connectivity index (χ4v) is 3.01. The van der Waals surface area contributed by atoms with E-state index in [1.165, 1.54) is 11.3 Å². The molecule has 6 heteroatoms. The van der Waals surface area contributed by atoms with Crippen LogP contribution in [0.15, 0.2) is 17.5 Å². The smallest absolute Gasteiger partial charge is 0.331 e. The molecule has 1 aromatic heterocycles. The third kappa shape index (κ3) is 3.13. The van der Waals surface area contributed by atoms with E-state index in [2.05, 4.69) is 5.32 Å². The van der Waals surface area contributed by atoms with Crippen molar-refractivity contribution in [1.82, 2.24) is 5.32 Å². The predicted octanol–water partition coefficient (Wildman–Crippen LogP) is 1.95. The van der Waals surface area contributed by atoms with Crippen LogP contribution in [0.25, 0.3) is 0 Å². The first kappa shape index (κ1) is 14.0. The number of ether oxygens (including phenoxy) is 1. The van der Waals surface area contributed by atoms with Crippen molar-refractivity contribution in [3.05, 3.63) is 22.4 Å². The molecule has 1 aromatic rings. The van der Waals surface area contributed by atoms with Gasteiger partial charge in [0.1, 0.15) is 0 Å². The molecule has 5 nitrogen and oxygen atoms in total. The molecule has 1 amide bonds. The Labute approximate surface area is 115 Å². The van der Waals surface area contributed by atoms with Crippen molar-refractivity contribution in [3.8, 4) is 0 Å². The van der Waals surface area contributed by atoms with Crippen molar-refractivity contribution in [2.45, 2.75) is 37.3 Å². The Bertz CT molecular complexity index is 448. The Morgan fingerprint density at radius 1 is 1.58 bits per heavy atom. The number of carbonyl (C=O) groups is 2. The molecule has 1 aliphatic rings. The zero-order valence-electron chi connectivity index (χ0n) is 10.7. The Morgan fingerprint density at radius 2 is 2.32 bits per heavy atom. The molecule has 1 atom stereocenters. The number of rotatable bonds is 6. The highest BCUT2D eigenvalue weighted by Gasteiger charge is 2.39. The van der Waals surface area contributed by atoms with Crippen molar-refractivity contribution in [2.75, 3.05) is 7.11 Å². The summed E-state index contributed by atoms with van der Waals surface area (Å²) in [5, 5.41) is 13.5. The van der Waals surface area contributed by atoms with Gasteiger partial charge in [-0.2, -0.15) is 0 Å². The minimum Gasteiger partial charge on any atom is -0.479 e. The van der Waals surface area contributed by atoms with Gasteiger partial charge >= 0.3 is 5.97 Å². The van der Waals surface area contributed by atoms with Crippen LogP contribution >= 0.6 is 11.3 Å². The van der Waals surface area contributed by atoms with Gasteiger partial charge in [-0.15, -0.1) is 11.3 Å². The second-order valence-corrected chi connectivity index (χ2v) is 5.75. The summed E-state index contributed by atoms with van der Waals surface area (Å²) in [7, 11) is 1.60. The van der Waals surface area contributed by atoms with Gasteiger partial charge in [-0.1, -0.05) is 6.07 Å². The van der Waals surface area contributed by atoms with Gasteiger partial charge in [0.25, 0.3) is 0 Å². The number of carboxylic acid groups (broad SMARTS) is 1. The van der Waals surface area contributed by atoms with Crippen LogP contribution < -0.4 is 5.32 Å². The zero-order valence-corrected chi connectivity index (χ0v) is 11.5. The summed E-state index contributed by atoms with van der Waals surface area (Å²) >= 11 is 1.32. The number of nitrogens with one attached hydrogen (secondary N) is 1. The van der Waals surface area contributed by atoms with Crippen molar-refractivity contribution in [3.63, 3.8) is 0 Å². The SMILES string of the molecule is COC1(CC(=O)NC(C(=O)O)c2cccs2)CCC1. The number of aliphatic carboxylic acids is 1. The molecule has 0 aromatic carbocycles. The number of carboxylic acids is 1. The molecule has 0 radical (unpaired) electrons. The Balaban J connectivity index is 1.98. The lowest BCUT2D eigenvalue weighted by Crippen LogP contribution is -2.45. The molecule has 1 fully saturated rings. The molecule has 0 aliphatic heterocycles. The van der Waals surface area contributed by atoms with Crippen LogP contribution in [0.3, 0.4) is 0 Å². The molecule has 2 N–H and O–H groups in total. The summed E-state index contributed by atoms with van der Waals surface area (Å²) in [6, 6.07) is 2.51. The van der Waals surface area contributed by atoms with Crippen LogP contribution in [0, 0.1) is 0 Å². The topological polar surface area (TPSA) is 75.6 Å². The summed E-state index contributed by atoms with van der Waals surface area (Å²) in [5.41, 5.74) is -0.386. The van der Waals surface area contributed by atoms with E-state index in [1.807, 2.05) is 0 Å². The summed E-state index contributed by atoms with van der Waals surface area (Å²) in [5.74, 6) is -1.32. The Kier molecular flexibility index (Phi) is 4.21. The van der Waals surface area contributed by atoms with E-state index in [-0.39, 0.29) is 17.9 Å². The predicted molar refractivity (Wildman–Crippen MR) is 71.0 cm³/mol. The highest BCUT2D eigenvalue weighted by molar-refractivity contribution is 7.10. The second-order valence-electron chi connectivity index (χ2n) is 4.77. The maximum atomic E-state index is 12.0. The van der Waals surface area contributed by atoms with Crippen LogP contribution in [0.1, 0.15) is 36.6 Å². The third-order valence-corrected chi connectivity index (χ3v) is 4.50. The van der Waals surface area contributed by atoms with Gasteiger partial charge in [-0.05, 0) is 30.7 Å². The van der Waals surface area contributed by atoms with Crippen molar-refractivity contribution >= 4 is 23.2 Å². The van der Waals surface area contributed by atoms with Crippen LogP contribution in [-0.2, 0) is 14.3 Å². The Hall–Kier alpha value is -1.40. The lowest BCUT2D eigenvalue weighted by atomic mass is 9.77. The monoisotopic (exact) mass is 283 g/mol. The minimum absolute atomic E-state index is 0.221. The maximum Gasteiger partial charge on any atom is 0.331 e. The normalized spacial score (nSPS) is 18.4. The van der Waals surface area contributed by atoms with Gasteiger partial charge in [0.05, 0.1) is 12.0 Å². The first-order valence-corrected chi connectivity index (χ1v) is 7.05. The quantitative estimate of drug-likeness (QED) is 0.836. The fourth-order valence-electron chi connectivity index (χ4n) is 2.24. The Morgan fingerprint density at radius 3 is 2.74 bits per heavy atom. The number of methoxy groups -OCH3 is 1. The zero-order chi connectivity index (χ0) is 13.9. The first-order valence-electron chi connectivity index (χ1n) is 6.17. The molecule has 0 bridgehead atoms. The second kappa shape index (κ2) is 5.71. The van der Waals surface area contributed by atoms with Crippen LogP contribution in [0.5, 0.6) is 0 Å².